The third-order valence-corrected chi connectivity index (χ3v) is 5.52. The van der Waals surface area contributed by atoms with Crippen LogP contribution in [0.3, 0.4) is 0 Å². The molecule has 2 N–H and O–H groups in total. The first-order valence-corrected chi connectivity index (χ1v) is 12.6. The van der Waals surface area contributed by atoms with Crippen LogP contribution in [0.1, 0.15) is 59.7 Å². The molecule has 3 aromatic rings. The van der Waals surface area contributed by atoms with Gasteiger partial charge in [0.15, 0.2) is 0 Å². The molecule has 0 aliphatic rings. The summed E-state index contributed by atoms with van der Waals surface area (Å²) in [6.45, 7) is 8.08. The van der Waals surface area contributed by atoms with Gasteiger partial charge >= 0.3 is 6.09 Å². The Balaban J connectivity index is 0.00000187. The molecule has 3 rings (SSSR count). The summed E-state index contributed by atoms with van der Waals surface area (Å²) in [5, 5.41) is 6.09. The molecule has 0 fully saturated rings. The highest BCUT2D eigenvalue weighted by Crippen LogP contribution is 2.23. The summed E-state index contributed by atoms with van der Waals surface area (Å²) in [6.07, 6.45) is 2.36. The lowest BCUT2D eigenvalue weighted by Gasteiger charge is -2.17. The van der Waals surface area contributed by atoms with Gasteiger partial charge in [0.05, 0.1) is 17.9 Å². The summed E-state index contributed by atoms with van der Waals surface area (Å²) in [6, 6.07) is 10.8. The number of rotatable bonds is 6. The minimum Gasteiger partial charge on any atom is -0.445 e. The van der Waals surface area contributed by atoms with Gasteiger partial charge in [-0.05, 0) is 18.3 Å². The van der Waals surface area contributed by atoms with Crippen LogP contribution in [0.5, 0.6) is 0 Å². The van der Waals surface area contributed by atoms with Crippen molar-refractivity contribution in [2.75, 3.05) is 11.1 Å². The number of nitrogens with zero attached hydrogens (tertiary/aromatic N) is 3. The second kappa shape index (κ2) is 12.4. The van der Waals surface area contributed by atoms with Gasteiger partial charge in [-0.15, -0.1) is 11.3 Å². The number of halogens is 1. The lowest BCUT2D eigenvalue weighted by Crippen LogP contribution is -2.27. The maximum absolute atomic E-state index is 12.6. The fraction of sp³-hybridized carbons (Fsp3) is 0.348. The summed E-state index contributed by atoms with van der Waals surface area (Å²) in [7, 11) is 0. The van der Waals surface area contributed by atoms with Crippen LogP contribution < -0.4 is 10.6 Å². The number of carbonyl (C=O) groups excluding carboxylic acids is 2. The van der Waals surface area contributed by atoms with Crippen molar-refractivity contribution in [3.05, 3.63) is 70.1 Å². The second-order valence-corrected chi connectivity index (χ2v) is 9.05. The molecule has 8 nitrogen and oxygen atoms in total. The van der Waals surface area contributed by atoms with Crippen molar-refractivity contribution in [3.8, 4) is 0 Å². The van der Waals surface area contributed by atoms with Crippen molar-refractivity contribution < 1.29 is 14.3 Å². The zero-order valence-electron chi connectivity index (χ0n) is 19.3. The Morgan fingerprint density at radius 2 is 1.82 bits per heavy atom. The molecule has 0 spiro atoms. The number of ether oxygens (including phenoxy) is 1. The number of aromatic nitrogens is 3. The number of hydrogen-bond donors (Lipinski definition) is 2. The first kappa shape index (κ1) is 26.4. The molecule has 1 unspecified atom stereocenters. The van der Waals surface area contributed by atoms with Gasteiger partial charge in [0.1, 0.15) is 28.6 Å². The number of alkyl carbamates (subject to hydrolysis) is 1. The van der Waals surface area contributed by atoms with E-state index in [0.717, 1.165) is 11.3 Å². The van der Waals surface area contributed by atoms with Gasteiger partial charge in [0, 0.05) is 11.5 Å². The van der Waals surface area contributed by atoms with Gasteiger partial charge in [-0.2, -0.15) is 0 Å². The third kappa shape index (κ3) is 8.21. The Bertz CT molecular complexity index is 1050. The number of benzene rings is 1. The van der Waals surface area contributed by atoms with E-state index >= 15 is 0 Å². The van der Waals surface area contributed by atoms with E-state index in [-0.39, 0.29) is 17.9 Å². The zero-order valence-corrected chi connectivity index (χ0v) is 21.7. The van der Waals surface area contributed by atoms with E-state index in [1.807, 2.05) is 56.9 Å². The van der Waals surface area contributed by atoms with Crippen LogP contribution >= 0.6 is 27.3 Å². The molecule has 176 valence electrons. The monoisotopic (exact) mass is 533 g/mol. The van der Waals surface area contributed by atoms with Crippen LogP contribution in [0.4, 0.5) is 10.6 Å². The second-order valence-electron chi connectivity index (χ2n) is 7.98. The third-order valence-electron chi connectivity index (χ3n) is 4.34. The molecule has 1 aromatic carbocycles. The van der Waals surface area contributed by atoms with E-state index in [0.29, 0.717) is 15.7 Å². The Labute approximate surface area is 206 Å². The van der Waals surface area contributed by atoms with Crippen LogP contribution in [-0.4, -0.2) is 32.8 Å². The molecule has 1 atom stereocenters. The first-order chi connectivity index (χ1) is 15.7. The number of carbonyl (C=O) groups is 2. The minimum absolute atomic E-state index is 0.156. The lowest BCUT2D eigenvalue weighted by molar-refractivity contribution is 0.102. The van der Waals surface area contributed by atoms with Gasteiger partial charge in [0.2, 0.25) is 0 Å². The Morgan fingerprint density at radius 3 is 2.48 bits per heavy atom. The summed E-state index contributed by atoms with van der Waals surface area (Å²) >= 11 is 4.14. The van der Waals surface area contributed by atoms with Crippen LogP contribution in [-0.2, 0) is 16.8 Å². The molecule has 0 radical (unpaired) electrons. The van der Waals surface area contributed by atoms with Crippen LogP contribution in [0, 0.1) is 0 Å². The normalized spacial score (nSPS) is 11.6. The molecule has 0 aliphatic heterocycles. The van der Waals surface area contributed by atoms with E-state index in [9.17, 15) is 9.59 Å². The Hall–Kier alpha value is -2.85. The van der Waals surface area contributed by atoms with E-state index in [1.54, 1.807) is 13.0 Å². The topological polar surface area (TPSA) is 106 Å². The molecular weight excluding hydrogens is 506 g/mol. The number of nitrogens with one attached hydrogen (secondary N) is 2. The van der Waals surface area contributed by atoms with Crippen molar-refractivity contribution in [2.24, 2.45) is 0 Å². The standard InChI is InChI=1S/C22H25N5O3S.CH3Br/c1-14(26-21(29)30-12-15-8-6-5-7-9-15)20-23-11-16(31-20)19(28)27-18-10-17(22(2,3)4)24-13-25-18;1-2/h5-11,13-14H,12H2,1-4H3,(H,26,29)(H,24,25,27,28);1H3. The lowest BCUT2D eigenvalue weighted by atomic mass is 9.92. The van der Waals surface area contributed by atoms with Crippen molar-refractivity contribution >= 4 is 45.1 Å². The molecular formula is C23H28BrN5O3S. The van der Waals surface area contributed by atoms with Gasteiger partial charge in [-0.3, -0.25) is 4.79 Å². The van der Waals surface area contributed by atoms with Gasteiger partial charge in [-0.25, -0.2) is 19.7 Å². The molecule has 2 aromatic heterocycles. The van der Waals surface area contributed by atoms with Crippen LogP contribution in [0.25, 0.3) is 0 Å². The SMILES string of the molecule is CBr.CC(NC(=O)OCc1ccccc1)c1ncc(C(=O)Nc2cc(C(C)(C)C)ncn2)s1. The van der Waals surface area contributed by atoms with Crippen molar-refractivity contribution in [2.45, 2.75) is 45.8 Å². The Kier molecular flexibility index (Phi) is 9.93. The number of thiazole rings is 1. The summed E-state index contributed by atoms with van der Waals surface area (Å²) < 4.78 is 5.23. The van der Waals surface area contributed by atoms with E-state index in [2.05, 4.69) is 41.5 Å². The van der Waals surface area contributed by atoms with Crippen LogP contribution in [0.2, 0.25) is 0 Å². The highest BCUT2D eigenvalue weighted by Gasteiger charge is 2.19. The smallest absolute Gasteiger partial charge is 0.408 e. The van der Waals surface area contributed by atoms with Gasteiger partial charge < -0.3 is 15.4 Å². The fourth-order valence-electron chi connectivity index (χ4n) is 2.61. The largest absolute Gasteiger partial charge is 0.445 e. The van der Waals surface area contributed by atoms with E-state index in [4.69, 9.17) is 4.74 Å². The summed E-state index contributed by atoms with van der Waals surface area (Å²) in [5.41, 5.74) is 1.57. The van der Waals surface area contributed by atoms with Crippen molar-refractivity contribution in [1.29, 1.82) is 0 Å². The molecule has 0 saturated carbocycles. The van der Waals surface area contributed by atoms with Crippen molar-refractivity contribution in [3.63, 3.8) is 0 Å². The number of alkyl halides is 1. The average molecular weight is 534 g/mol. The molecule has 0 aliphatic carbocycles. The molecule has 0 bridgehead atoms. The van der Waals surface area contributed by atoms with Crippen LogP contribution in [0.15, 0.2) is 48.9 Å². The molecule has 2 amide bonds. The maximum Gasteiger partial charge on any atom is 0.408 e. The molecule has 10 heteroatoms. The van der Waals surface area contributed by atoms with E-state index in [1.165, 1.54) is 23.9 Å². The first-order valence-electron chi connectivity index (χ1n) is 10.2. The zero-order chi connectivity index (χ0) is 24.4. The quantitative estimate of drug-likeness (QED) is 0.406. The number of anilines is 1. The summed E-state index contributed by atoms with van der Waals surface area (Å²) in [5.74, 6) is 1.92. The molecule has 0 saturated heterocycles. The fourth-order valence-corrected chi connectivity index (χ4v) is 3.43. The van der Waals surface area contributed by atoms with E-state index < -0.39 is 12.1 Å². The number of amides is 2. The number of hydrogen-bond acceptors (Lipinski definition) is 7. The molecule has 2 heterocycles. The highest BCUT2D eigenvalue weighted by molar-refractivity contribution is 9.08. The highest BCUT2D eigenvalue weighted by atomic mass is 79.9. The predicted molar refractivity (Wildman–Crippen MR) is 134 cm³/mol. The summed E-state index contributed by atoms with van der Waals surface area (Å²) in [4.78, 5) is 37.7. The van der Waals surface area contributed by atoms with Crippen molar-refractivity contribution in [1.82, 2.24) is 20.3 Å². The van der Waals surface area contributed by atoms with Gasteiger partial charge in [0.25, 0.3) is 5.91 Å². The molecule has 33 heavy (non-hydrogen) atoms. The predicted octanol–water partition coefficient (Wildman–Crippen LogP) is 5.48. The Morgan fingerprint density at radius 1 is 1.12 bits per heavy atom. The maximum atomic E-state index is 12.6. The average Bonchev–Trinajstić information content (AvgIpc) is 3.30. The minimum atomic E-state index is -0.548. The van der Waals surface area contributed by atoms with Gasteiger partial charge in [-0.1, -0.05) is 67.0 Å².